The molecule has 1 heterocycles. The van der Waals surface area contributed by atoms with Crippen LogP contribution in [-0.2, 0) is 4.79 Å². The number of carboxylic acids is 1. The fraction of sp³-hybridized carbons (Fsp3) is 0.467. The molecule has 0 bridgehead atoms. The van der Waals surface area contributed by atoms with Gasteiger partial charge in [0.1, 0.15) is 0 Å². The average Bonchev–Trinajstić information content (AvgIpc) is 2.80. The molecule has 1 atom stereocenters. The molecule has 0 spiro atoms. The minimum atomic E-state index is -0.855. The number of benzene rings is 1. The standard InChI is InChI=1S/C15H19BrN2O3/c1-9-6-10(2)12(7-11(9)16)17-14(21)18-5-4-15(3,8-18)13(19)20/h6-7H,4-5,8H2,1-3H3,(H,17,21)(H,19,20). The van der Waals surface area contributed by atoms with Crippen molar-refractivity contribution in [2.75, 3.05) is 18.4 Å². The van der Waals surface area contributed by atoms with Gasteiger partial charge in [-0.25, -0.2) is 4.79 Å². The van der Waals surface area contributed by atoms with Crippen molar-refractivity contribution < 1.29 is 14.7 Å². The number of carbonyl (C=O) groups excluding carboxylic acids is 1. The third-order valence-electron chi connectivity index (χ3n) is 4.02. The van der Waals surface area contributed by atoms with Gasteiger partial charge >= 0.3 is 12.0 Å². The zero-order valence-electron chi connectivity index (χ0n) is 12.4. The Balaban J connectivity index is 2.10. The molecule has 1 aliphatic heterocycles. The van der Waals surface area contributed by atoms with Gasteiger partial charge in [-0.15, -0.1) is 0 Å². The number of nitrogens with one attached hydrogen (secondary N) is 1. The van der Waals surface area contributed by atoms with Gasteiger partial charge in [0.25, 0.3) is 0 Å². The number of hydrogen-bond acceptors (Lipinski definition) is 2. The van der Waals surface area contributed by atoms with Crippen LogP contribution in [0.4, 0.5) is 10.5 Å². The highest BCUT2D eigenvalue weighted by Gasteiger charge is 2.42. The summed E-state index contributed by atoms with van der Waals surface area (Å²) in [6, 6.07) is 3.61. The van der Waals surface area contributed by atoms with E-state index < -0.39 is 11.4 Å². The second-order valence-electron chi connectivity index (χ2n) is 5.88. The SMILES string of the molecule is Cc1cc(C)c(NC(=O)N2CCC(C)(C(=O)O)C2)cc1Br. The third-order valence-corrected chi connectivity index (χ3v) is 4.88. The maximum absolute atomic E-state index is 12.3. The molecule has 1 aromatic carbocycles. The first-order valence-electron chi connectivity index (χ1n) is 6.79. The van der Waals surface area contributed by atoms with Gasteiger partial charge in [0.15, 0.2) is 0 Å². The summed E-state index contributed by atoms with van der Waals surface area (Å²) in [6.07, 6.45) is 0.478. The van der Waals surface area contributed by atoms with Crippen molar-refractivity contribution in [2.24, 2.45) is 5.41 Å². The van der Waals surface area contributed by atoms with Crippen LogP contribution in [0, 0.1) is 19.3 Å². The zero-order chi connectivity index (χ0) is 15.8. The molecule has 114 valence electrons. The Morgan fingerprint density at radius 2 is 2.00 bits per heavy atom. The molecule has 21 heavy (non-hydrogen) atoms. The number of halogens is 1. The van der Waals surface area contributed by atoms with E-state index in [9.17, 15) is 14.7 Å². The highest BCUT2D eigenvalue weighted by molar-refractivity contribution is 9.10. The predicted molar refractivity (Wildman–Crippen MR) is 84.6 cm³/mol. The molecular weight excluding hydrogens is 336 g/mol. The summed E-state index contributed by atoms with van der Waals surface area (Å²) in [5.74, 6) is -0.855. The molecule has 0 radical (unpaired) electrons. The summed E-state index contributed by atoms with van der Waals surface area (Å²) in [5, 5.41) is 12.1. The molecule has 6 heteroatoms. The largest absolute Gasteiger partial charge is 0.481 e. The first-order chi connectivity index (χ1) is 9.73. The van der Waals surface area contributed by atoms with Crippen LogP contribution in [0.15, 0.2) is 16.6 Å². The quantitative estimate of drug-likeness (QED) is 0.854. The summed E-state index contributed by atoms with van der Waals surface area (Å²) < 4.78 is 0.931. The lowest BCUT2D eigenvalue weighted by Crippen LogP contribution is -2.37. The highest BCUT2D eigenvalue weighted by Crippen LogP contribution is 2.31. The van der Waals surface area contributed by atoms with Crippen molar-refractivity contribution in [1.82, 2.24) is 4.90 Å². The average molecular weight is 355 g/mol. The van der Waals surface area contributed by atoms with Crippen molar-refractivity contribution in [3.63, 3.8) is 0 Å². The van der Waals surface area contributed by atoms with Crippen LogP contribution >= 0.6 is 15.9 Å². The number of nitrogens with zero attached hydrogens (tertiary/aromatic N) is 1. The topological polar surface area (TPSA) is 69.6 Å². The second kappa shape index (κ2) is 5.67. The highest BCUT2D eigenvalue weighted by atomic mass is 79.9. The van der Waals surface area contributed by atoms with Crippen LogP contribution in [0.2, 0.25) is 0 Å². The maximum atomic E-state index is 12.3. The number of carboxylic acid groups (broad SMARTS) is 1. The van der Waals surface area contributed by atoms with Gasteiger partial charge in [0.2, 0.25) is 0 Å². The normalized spacial score (nSPS) is 21.4. The molecule has 5 nitrogen and oxygen atoms in total. The molecule has 0 aromatic heterocycles. The van der Waals surface area contributed by atoms with Gasteiger partial charge < -0.3 is 15.3 Å². The van der Waals surface area contributed by atoms with E-state index in [0.29, 0.717) is 13.0 Å². The number of urea groups is 1. The van der Waals surface area contributed by atoms with Crippen LogP contribution in [0.25, 0.3) is 0 Å². The molecule has 0 aliphatic carbocycles. The third kappa shape index (κ3) is 3.20. The van der Waals surface area contributed by atoms with Crippen LogP contribution in [-0.4, -0.2) is 35.1 Å². The lowest BCUT2D eigenvalue weighted by Gasteiger charge is -2.21. The van der Waals surface area contributed by atoms with Gasteiger partial charge in [-0.2, -0.15) is 0 Å². The fourth-order valence-electron chi connectivity index (χ4n) is 2.46. The molecule has 0 saturated carbocycles. The second-order valence-corrected chi connectivity index (χ2v) is 6.74. The smallest absolute Gasteiger partial charge is 0.321 e. The maximum Gasteiger partial charge on any atom is 0.321 e. The monoisotopic (exact) mass is 354 g/mol. The first kappa shape index (κ1) is 15.8. The van der Waals surface area contributed by atoms with Crippen LogP contribution in [0.1, 0.15) is 24.5 Å². The lowest BCUT2D eigenvalue weighted by atomic mass is 9.90. The minimum Gasteiger partial charge on any atom is -0.481 e. The van der Waals surface area contributed by atoms with Gasteiger partial charge in [0.05, 0.1) is 5.41 Å². The van der Waals surface area contributed by atoms with Gasteiger partial charge in [-0.3, -0.25) is 4.79 Å². The van der Waals surface area contributed by atoms with Gasteiger partial charge in [-0.1, -0.05) is 22.0 Å². The summed E-state index contributed by atoms with van der Waals surface area (Å²) in [7, 11) is 0. The number of hydrogen-bond donors (Lipinski definition) is 2. The fourth-order valence-corrected chi connectivity index (χ4v) is 2.81. The van der Waals surface area contributed by atoms with Crippen molar-refractivity contribution in [2.45, 2.75) is 27.2 Å². The van der Waals surface area contributed by atoms with E-state index in [1.54, 1.807) is 11.8 Å². The van der Waals surface area contributed by atoms with Crippen LogP contribution < -0.4 is 5.32 Å². The van der Waals surface area contributed by atoms with Crippen molar-refractivity contribution in [1.29, 1.82) is 0 Å². The summed E-state index contributed by atoms with van der Waals surface area (Å²) in [4.78, 5) is 25.1. The molecule has 1 saturated heterocycles. The number of rotatable bonds is 2. The van der Waals surface area contributed by atoms with E-state index in [0.717, 1.165) is 21.3 Å². The number of aliphatic carboxylic acids is 1. The summed E-state index contributed by atoms with van der Waals surface area (Å²) in [6.45, 7) is 6.29. The summed E-state index contributed by atoms with van der Waals surface area (Å²) >= 11 is 3.45. The Morgan fingerprint density at radius 3 is 2.57 bits per heavy atom. The van der Waals surface area contributed by atoms with E-state index in [2.05, 4.69) is 21.2 Å². The molecule has 2 amide bonds. The van der Waals surface area contributed by atoms with E-state index in [1.165, 1.54) is 0 Å². The summed E-state index contributed by atoms with van der Waals surface area (Å²) in [5.41, 5.74) is 1.97. The van der Waals surface area contributed by atoms with Gasteiger partial charge in [0, 0.05) is 23.2 Å². The molecule has 1 aliphatic rings. The Hall–Kier alpha value is -1.56. The van der Waals surface area contributed by atoms with E-state index in [1.807, 2.05) is 26.0 Å². The first-order valence-corrected chi connectivity index (χ1v) is 7.58. The Morgan fingerprint density at radius 1 is 1.33 bits per heavy atom. The number of aryl methyl sites for hydroxylation is 2. The lowest BCUT2D eigenvalue weighted by molar-refractivity contribution is -0.146. The number of amides is 2. The molecule has 2 rings (SSSR count). The van der Waals surface area contributed by atoms with Crippen LogP contribution in [0.3, 0.4) is 0 Å². The van der Waals surface area contributed by atoms with E-state index in [-0.39, 0.29) is 12.6 Å². The molecular formula is C15H19BrN2O3. The molecule has 1 aromatic rings. The zero-order valence-corrected chi connectivity index (χ0v) is 14.0. The number of carbonyl (C=O) groups is 2. The van der Waals surface area contributed by atoms with Crippen molar-refractivity contribution >= 4 is 33.6 Å². The van der Waals surface area contributed by atoms with E-state index >= 15 is 0 Å². The minimum absolute atomic E-state index is 0.236. The predicted octanol–water partition coefficient (Wildman–Crippen LogP) is 3.39. The van der Waals surface area contributed by atoms with E-state index in [4.69, 9.17) is 0 Å². The Labute approximate surface area is 132 Å². The molecule has 2 N–H and O–H groups in total. The van der Waals surface area contributed by atoms with Crippen LogP contribution in [0.5, 0.6) is 0 Å². The molecule has 1 unspecified atom stereocenters. The Bertz CT molecular complexity index is 603. The number of likely N-dealkylation sites (tertiary alicyclic amines) is 1. The number of anilines is 1. The molecule has 1 fully saturated rings. The van der Waals surface area contributed by atoms with Crippen molar-refractivity contribution in [3.05, 3.63) is 27.7 Å². The van der Waals surface area contributed by atoms with Gasteiger partial charge in [-0.05, 0) is 44.4 Å². The Kier molecular flexibility index (Phi) is 4.27. The van der Waals surface area contributed by atoms with Crippen molar-refractivity contribution in [3.8, 4) is 0 Å².